The number of phenolic OH excluding ortho intramolecular Hbond substituents is 1. The number of aromatic nitrogens is 1. The zero-order chi connectivity index (χ0) is 17.2. The average molecular weight is 354 g/mol. The molecule has 1 aliphatic rings. The van der Waals surface area contributed by atoms with Crippen molar-refractivity contribution in [2.45, 2.75) is 6.54 Å². The molecule has 1 N–H and O–H groups in total. The van der Waals surface area contributed by atoms with E-state index in [1.54, 1.807) is 12.1 Å². The van der Waals surface area contributed by atoms with E-state index in [0.29, 0.717) is 5.75 Å². The molecule has 0 radical (unpaired) electrons. The van der Waals surface area contributed by atoms with Gasteiger partial charge >= 0.3 is 0 Å². The number of fused-ring (bicyclic) bond motifs is 1. The van der Waals surface area contributed by atoms with Crippen LogP contribution in [0.2, 0.25) is 5.02 Å². The highest BCUT2D eigenvalue weighted by atomic mass is 35.5. The van der Waals surface area contributed by atoms with Gasteiger partial charge in [0.05, 0.1) is 11.2 Å². The highest BCUT2D eigenvalue weighted by Gasteiger charge is 2.17. The second-order valence-electron chi connectivity index (χ2n) is 6.42. The highest BCUT2D eigenvalue weighted by Crippen LogP contribution is 2.21. The summed E-state index contributed by atoms with van der Waals surface area (Å²) in [5.41, 5.74) is 3.25. The number of halogens is 1. The lowest BCUT2D eigenvalue weighted by Gasteiger charge is -2.36. The molecule has 128 valence electrons. The van der Waals surface area contributed by atoms with Crippen molar-refractivity contribution in [2.75, 3.05) is 31.1 Å². The normalized spacial score (nSPS) is 15.6. The SMILES string of the molecule is Oc1ccc(N2CCN(Cc3ccc4cc(Cl)ccc4n3)CC2)cc1. The van der Waals surface area contributed by atoms with Crippen LogP contribution in [0.4, 0.5) is 5.69 Å². The molecule has 4 nitrogen and oxygen atoms in total. The predicted octanol–water partition coefficient (Wildman–Crippen LogP) is 3.92. The van der Waals surface area contributed by atoms with Crippen LogP contribution in [0.25, 0.3) is 10.9 Å². The van der Waals surface area contributed by atoms with Crippen molar-refractivity contribution in [2.24, 2.45) is 0 Å². The second kappa shape index (κ2) is 6.90. The van der Waals surface area contributed by atoms with E-state index in [2.05, 4.69) is 21.9 Å². The van der Waals surface area contributed by atoms with Crippen LogP contribution < -0.4 is 4.90 Å². The molecule has 0 saturated carbocycles. The molecule has 2 aromatic carbocycles. The molecule has 0 atom stereocenters. The second-order valence-corrected chi connectivity index (χ2v) is 6.86. The Morgan fingerprint density at radius 2 is 1.68 bits per heavy atom. The summed E-state index contributed by atoms with van der Waals surface area (Å²) >= 11 is 6.03. The summed E-state index contributed by atoms with van der Waals surface area (Å²) in [7, 11) is 0. The van der Waals surface area contributed by atoms with Crippen LogP contribution >= 0.6 is 11.6 Å². The molecule has 0 amide bonds. The zero-order valence-corrected chi connectivity index (χ0v) is 14.7. The van der Waals surface area contributed by atoms with Crippen LogP contribution in [0.1, 0.15) is 5.69 Å². The summed E-state index contributed by atoms with van der Waals surface area (Å²) in [6, 6.07) is 17.4. The fraction of sp³-hybridized carbons (Fsp3) is 0.250. The minimum atomic E-state index is 0.311. The third-order valence-corrected chi connectivity index (χ3v) is 4.92. The van der Waals surface area contributed by atoms with Crippen LogP contribution in [0.15, 0.2) is 54.6 Å². The number of hydrogen-bond acceptors (Lipinski definition) is 4. The summed E-state index contributed by atoms with van der Waals surface area (Å²) < 4.78 is 0. The van der Waals surface area contributed by atoms with E-state index >= 15 is 0 Å². The maximum absolute atomic E-state index is 9.41. The van der Waals surface area contributed by atoms with Gasteiger partial charge in [-0.1, -0.05) is 17.7 Å². The van der Waals surface area contributed by atoms with Crippen molar-refractivity contribution >= 4 is 28.2 Å². The van der Waals surface area contributed by atoms with Crippen LogP contribution in [0.5, 0.6) is 5.75 Å². The van der Waals surface area contributed by atoms with E-state index in [4.69, 9.17) is 16.6 Å². The third-order valence-electron chi connectivity index (χ3n) is 4.68. The number of anilines is 1. The Balaban J connectivity index is 1.40. The highest BCUT2D eigenvalue weighted by molar-refractivity contribution is 6.31. The Labute approximate surface area is 152 Å². The van der Waals surface area contributed by atoms with Gasteiger partial charge in [-0.3, -0.25) is 9.88 Å². The number of piperazine rings is 1. The van der Waals surface area contributed by atoms with Gasteiger partial charge < -0.3 is 10.0 Å². The number of rotatable bonds is 3. The summed E-state index contributed by atoms with van der Waals surface area (Å²) in [6.45, 7) is 4.83. The molecule has 0 bridgehead atoms. The molecule has 2 heterocycles. The maximum Gasteiger partial charge on any atom is 0.115 e. The minimum absolute atomic E-state index is 0.311. The Kier molecular flexibility index (Phi) is 4.47. The molecule has 0 spiro atoms. The number of benzene rings is 2. The molecule has 1 fully saturated rings. The van der Waals surface area contributed by atoms with Crippen LogP contribution in [-0.4, -0.2) is 41.2 Å². The van der Waals surface area contributed by atoms with E-state index in [0.717, 1.165) is 60.0 Å². The minimum Gasteiger partial charge on any atom is -0.508 e. The molecular weight excluding hydrogens is 334 g/mol. The van der Waals surface area contributed by atoms with Crippen LogP contribution in [0.3, 0.4) is 0 Å². The van der Waals surface area contributed by atoms with Gasteiger partial charge in [0, 0.05) is 48.8 Å². The molecule has 1 saturated heterocycles. The Morgan fingerprint density at radius 1 is 0.920 bits per heavy atom. The molecule has 1 aromatic heterocycles. The van der Waals surface area contributed by atoms with Crippen molar-refractivity contribution in [3.8, 4) is 5.75 Å². The standard InChI is InChI=1S/C20H20ClN3O/c21-16-2-8-20-15(13-16)1-3-17(22-20)14-23-9-11-24(12-10-23)18-4-6-19(25)7-5-18/h1-8,13,25H,9-12,14H2. The van der Waals surface area contributed by atoms with Crippen LogP contribution in [0, 0.1) is 0 Å². The van der Waals surface area contributed by atoms with E-state index in [9.17, 15) is 5.11 Å². The number of hydrogen-bond donors (Lipinski definition) is 1. The quantitative estimate of drug-likeness (QED) is 0.774. The van der Waals surface area contributed by atoms with Gasteiger partial charge in [0.1, 0.15) is 5.75 Å². The van der Waals surface area contributed by atoms with E-state index < -0.39 is 0 Å². The number of nitrogens with zero attached hydrogens (tertiary/aromatic N) is 3. The molecule has 4 rings (SSSR count). The van der Waals surface area contributed by atoms with Gasteiger partial charge in [0.15, 0.2) is 0 Å². The molecule has 1 aliphatic heterocycles. The van der Waals surface area contributed by atoms with Gasteiger partial charge in [0.2, 0.25) is 0 Å². The van der Waals surface area contributed by atoms with Gasteiger partial charge in [-0.05, 0) is 48.5 Å². The summed E-state index contributed by atoms with van der Waals surface area (Å²) in [5, 5.41) is 11.2. The van der Waals surface area contributed by atoms with E-state index in [1.165, 1.54) is 0 Å². The fourth-order valence-corrected chi connectivity index (χ4v) is 3.46. The Morgan fingerprint density at radius 3 is 2.44 bits per heavy atom. The summed E-state index contributed by atoms with van der Waals surface area (Å²) in [5.74, 6) is 0.311. The van der Waals surface area contributed by atoms with Crippen molar-refractivity contribution in [1.82, 2.24) is 9.88 Å². The molecule has 3 aromatic rings. The van der Waals surface area contributed by atoms with Crippen molar-refractivity contribution in [3.05, 3.63) is 65.3 Å². The molecular formula is C20H20ClN3O. The topological polar surface area (TPSA) is 39.6 Å². The van der Waals surface area contributed by atoms with Crippen LogP contribution in [-0.2, 0) is 6.54 Å². The molecule has 5 heteroatoms. The summed E-state index contributed by atoms with van der Waals surface area (Å²) in [6.07, 6.45) is 0. The zero-order valence-electron chi connectivity index (χ0n) is 13.9. The lowest BCUT2D eigenvalue weighted by Crippen LogP contribution is -2.46. The summed E-state index contributed by atoms with van der Waals surface area (Å²) in [4.78, 5) is 9.54. The number of pyridine rings is 1. The van der Waals surface area contributed by atoms with Gasteiger partial charge in [-0.15, -0.1) is 0 Å². The van der Waals surface area contributed by atoms with Gasteiger partial charge in [-0.25, -0.2) is 0 Å². The van der Waals surface area contributed by atoms with Gasteiger partial charge in [-0.2, -0.15) is 0 Å². The number of aromatic hydroxyl groups is 1. The molecule has 0 unspecified atom stereocenters. The lowest BCUT2D eigenvalue weighted by atomic mass is 10.2. The Bertz CT molecular complexity index is 874. The maximum atomic E-state index is 9.41. The lowest BCUT2D eigenvalue weighted by molar-refractivity contribution is 0.247. The van der Waals surface area contributed by atoms with E-state index in [-0.39, 0.29) is 0 Å². The first kappa shape index (κ1) is 16.2. The van der Waals surface area contributed by atoms with Crippen molar-refractivity contribution < 1.29 is 5.11 Å². The van der Waals surface area contributed by atoms with Crippen molar-refractivity contribution in [1.29, 1.82) is 0 Å². The van der Waals surface area contributed by atoms with Gasteiger partial charge in [0.25, 0.3) is 0 Å². The largest absolute Gasteiger partial charge is 0.508 e. The first-order chi connectivity index (χ1) is 12.2. The Hall–Kier alpha value is -2.30. The predicted molar refractivity (Wildman–Crippen MR) is 102 cm³/mol. The monoisotopic (exact) mass is 353 g/mol. The first-order valence-electron chi connectivity index (χ1n) is 8.49. The molecule has 25 heavy (non-hydrogen) atoms. The average Bonchev–Trinajstić information content (AvgIpc) is 2.63. The fourth-order valence-electron chi connectivity index (χ4n) is 3.28. The smallest absolute Gasteiger partial charge is 0.115 e. The van der Waals surface area contributed by atoms with E-state index in [1.807, 2.05) is 30.3 Å². The third kappa shape index (κ3) is 3.70. The van der Waals surface area contributed by atoms with Crippen molar-refractivity contribution in [3.63, 3.8) is 0 Å². The first-order valence-corrected chi connectivity index (χ1v) is 8.87. The number of phenols is 1. The molecule has 0 aliphatic carbocycles.